The van der Waals surface area contributed by atoms with Crippen LogP contribution in [0.4, 0.5) is 13.2 Å². The van der Waals surface area contributed by atoms with Gasteiger partial charge in [0.1, 0.15) is 12.4 Å². The Hall–Kier alpha value is -2.58. The molecule has 30 heavy (non-hydrogen) atoms. The van der Waals surface area contributed by atoms with Crippen molar-refractivity contribution in [1.82, 2.24) is 5.32 Å². The molecule has 162 valence electrons. The number of carbonyl (C=O) groups is 2. The van der Waals surface area contributed by atoms with Crippen molar-refractivity contribution in [3.05, 3.63) is 64.7 Å². The van der Waals surface area contributed by atoms with Gasteiger partial charge in [-0.25, -0.2) is 4.79 Å². The molecule has 0 atom stereocenters. The van der Waals surface area contributed by atoms with Crippen LogP contribution >= 0.6 is 11.6 Å². The SMILES string of the molecule is O=C(CCNCCCc1ccc(OCc2ccc(Cl)cc2)cc1)OC(=O)C(F)(F)F. The number of hydrogen-bond acceptors (Lipinski definition) is 5. The number of ether oxygens (including phenoxy) is 2. The van der Waals surface area contributed by atoms with Gasteiger partial charge < -0.3 is 14.8 Å². The molecular formula is C21H21ClF3NO4. The lowest BCUT2D eigenvalue weighted by molar-refractivity contribution is -0.201. The molecular weight excluding hydrogens is 423 g/mol. The first-order valence-electron chi connectivity index (χ1n) is 9.23. The van der Waals surface area contributed by atoms with Gasteiger partial charge in [-0.15, -0.1) is 0 Å². The monoisotopic (exact) mass is 443 g/mol. The van der Waals surface area contributed by atoms with E-state index < -0.39 is 18.1 Å². The molecule has 0 saturated heterocycles. The normalized spacial score (nSPS) is 11.2. The first-order valence-corrected chi connectivity index (χ1v) is 9.60. The molecule has 0 aliphatic rings. The van der Waals surface area contributed by atoms with Crippen molar-refractivity contribution >= 4 is 23.5 Å². The summed E-state index contributed by atoms with van der Waals surface area (Å²) in [5.41, 5.74) is 2.12. The van der Waals surface area contributed by atoms with Gasteiger partial charge in [0.15, 0.2) is 0 Å². The third-order valence-electron chi connectivity index (χ3n) is 4.01. The molecule has 0 aliphatic heterocycles. The lowest BCUT2D eigenvalue weighted by atomic mass is 10.1. The van der Waals surface area contributed by atoms with Crippen LogP contribution in [0.15, 0.2) is 48.5 Å². The Morgan fingerprint density at radius 2 is 1.57 bits per heavy atom. The van der Waals surface area contributed by atoms with E-state index in [0.29, 0.717) is 18.2 Å². The highest BCUT2D eigenvalue weighted by molar-refractivity contribution is 6.30. The molecule has 2 rings (SSSR count). The minimum Gasteiger partial charge on any atom is -0.489 e. The summed E-state index contributed by atoms with van der Waals surface area (Å²) in [4.78, 5) is 21.7. The van der Waals surface area contributed by atoms with Crippen molar-refractivity contribution in [2.45, 2.75) is 32.0 Å². The van der Waals surface area contributed by atoms with E-state index >= 15 is 0 Å². The molecule has 0 bridgehead atoms. The minimum absolute atomic E-state index is 0.126. The highest BCUT2D eigenvalue weighted by atomic mass is 35.5. The Labute approximate surface area is 177 Å². The van der Waals surface area contributed by atoms with Crippen LogP contribution in [0.2, 0.25) is 5.02 Å². The van der Waals surface area contributed by atoms with Gasteiger partial charge in [-0.1, -0.05) is 35.9 Å². The second kappa shape index (κ2) is 11.6. The van der Waals surface area contributed by atoms with E-state index in [9.17, 15) is 22.8 Å². The average molecular weight is 444 g/mol. The Balaban J connectivity index is 1.58. The number of esters is 2. The van der Waals surface area contributed by atoms with Crippen LogP contribution in [-0.4, -0.2) is 31.2 Å². The largest absolute Gasteiger partial charge is 0.491 e. The van der Waals surface area contributed by atoms with Crippen LogP contribution in [-0.2, 0) is 27.4 Å². The van der Waals surface area contributed by atoms with Gasteiger partial charge >= 0.3 is 18.1 Å². The molecule has 9 heteroatoms. The van der Waals surface area contributed by atoms with Crippen molar-refractivity contribution in [1.29, 1.82) is 0 Å². The number of aryl methyl sites for hydroxylation is 1. The van der Waals surface area contributed by atoms with E-state index in [1.807, 2.05) is 48.5 Å². The molecule has 5 nitrogen and oxygen atoms in total. The van der Waals surface area contributed by atoms with Crippen LogP contribution in [0, 0.1) is 0 Å². The zero-order valence-corrected chi connectivity index (χ0v) is 16.8. The first-order chi connectivity index (χ1) is 14.2. The zero-order valence-electron chi connectivity index (χ0n) is 16.0. The molecule has 0 saturated carbocycles. The first kappa shape index (κ1) is 23.7. The van der Waals surface area contributed by atoms with Crippen molar-refractivity contribution < 1.29 is 32.2 Å². The predicted octanol–water partition coefficient (Wildman–Crippen LogP) is 4.46. The molecule has 0 unspecified atom stereocenters. The number of alkyl halides is 3. The molecule has 0 aromatic heterocycles. The van der Waals surface area contributed by atoms with Crippen LogP contribution < -0.4 is 10.1 Å². The summed E-state index contributed by atoms with van der Waals surface area (Å²) in [6.07, 6.45) is -3.94. The summed E-state index contributed by atoms with van der Waals surface area (Å²) < 4.78 is 45.3. The molecule has 1 N–H and O–H groups in total. The lowest BCUT2D eigenvalue weighted by Gasteiger charge is -2.08. The van der Waals surface area contributed by atoms with Crippen LogP contribution in [0.1, 0.15) is 24.0 Å². The van der Waals surface area contributed by atoms with Gasteiger partial charge in [0.2, 0.25) is 0 Å². The molecule has 0 aliphatic carbocycles. The maximum Gasteiger partial charge on any atom is 0.491 e. The molecule has 0 amide bonds. The fraction of sp³-hybridized carbons (Fsp3) is 0.333. The van der Waals surface area contributed by atoms with Gasteiger partial charge in [-0.05, 0) is 54.8 Å². The molecule has 0 spiro atoms. The maximum absolute atomic E-state index is 12.0. The Bertz CT molecular complexity index is 824. The molecule has 0 radical (unpaired) electrons. The molecule has 2 aromatic carbocycles. The van der Waals surface area contributed by atoms with Crippen LogP contribution in [0.3, 0.4) is 0 Å². The van der Waals surface area contributed by atoms with Crippen LogP contribution in [0.25, 0.3) is 0 Å². The van der Waals surface area contributed by atoms with Crippen molar-refractivity contribution in [3.8, 4) is 5.75 Å². The second-order valence-corrected chi connectivity index (χ2v) is 6.86. The summed E-state index contributed by atoms with van der Waals surface area (Å²) in [7, 11) is 0. The number of nitrogens with one attached hydrogen (secondary N) is 1. The number of benzene rings is 2. The third kappa shape index (κ3) is 8.84. The Kier molecular flexibility index (Phi) is 9.14. The van der Waals surface area contributed by atoms with E-state index in [4.69, 9.17) is 16.3 Å². The fourth-order valence-corrected chi connectivity index (χ4v) is 2.57. The van der Waals surface area contributed by atoms with E-state index in [1.54, 1.807) is 0 Å². The van der Waals surface area contributed by atoms with Gasteiger partial charge in [-0.2, -0.15) is 13.2 Å². The van der Waals surface area contributed by atoms with E-state index in [2.05, 4.69) is 10.1 Å². The average Bonchev–Trinajstić information content (AvgIpc) is 2.70. The van der Waals surface area contributed by atoms with Crippen molar-refractivity contribution in [3.63, 3.8) is 0 Å². The minimum atomic E-state index is -5.17. The van der Waals surface area contributed by atoms with Crippen molar-refractivity contribution in [2.75, 3.05) is 13.1 Å². The van der Waals surface area contributed by atoms with E-state index in [0.717, 1.165) is 29.7 Å². The summed E-state index contributed by atoms with van der Waals surface area (Å²) in [6, 6.07) is 15.1. The zero-order chi connectivity index (χ0) is 22.0. The molecule has 0 heterocycles. The lowest BCUT2D eigenvalue weighted by Crippen LogP contribution is -2.29. The number of rotatable bonds is 10. The Morgan fingerprint density at radius 1 is 0.933 bits per heavy atom. The summed E-state index contributed by atoms with van der Waals surface area (Å²) in [6.45, 7) is 1.13. The summed E-state index contributed by atoms with van der Waals surface area (Å²) in [5.74, 6) is -2.95. The second-order valence-electron chi connectivity index (χ2n) is 6.42. The standard InChI is InChI=1S/C21H21ClF3NO4/c22-17-7-3-16(4-8-17)14-29-18-9-5-15(6-10-18)2-1-12-26-13-11-19(27)30-20(28)21(23,24)25/h3-10,26H,1-2,11-14H2. The summed E-state index contributed by atoms with van der Waals surface area (Å²) in [5, 5.41) is 3.60. The van der Waals surface area contributed by atoms with E-state index in [1.165, 1.54) is 0 Å². The van der Waals surface area contributed by atoms with Crippen LogP contribution in [0.5, 0.6) is 5.75 Å². The van der Waals surface area contributed by atoms with Gasteiger partial charge in [0.05, 0.1) is 6.42 Å². The number of hydrogen-bond donors (Lipinski definition) is 1. The number of carbonyl (C=O) groups excluding carboxylic acids is 2. The highest BCUT2D eigenvalue weighted by Crippen LogP contribution is 2.17. The smallest absolute Gasteiger partial charge is 0.489 e. The highest BCUT2D eigenvalue weighted by Gasteiger charge is 2.42. The predicted molar refractivity (Wildman–Crippen MR) is 105 cm³/mol. The van der Waals surface area contributed by atoms with Gasteiger partial charge in [-0.3, -0.25) is 4.79 Å². The third-order valence-corrected chi connectivity index (χ3v) is 4.26. The summed E-state index contributed by atoms with van der Waals surface area (Å²) >= 11 is 5.85. The quantitative estimate of drug-likeness (QED) is 0.333. The van der Waals surface area contributed by atoms with Gasteiger partial charge in [0.25, 0.3) is 0 Å². The van der Waals surface area contributed by atoms with Gasteiger partial charge in [0, 0.05) is 11.6 Å². The maximum atomic E-state index is 12.0. The topological polar surface area (TPSA) is 64.6 Å². The van der Waals surface area contributed by atoms with Crippen molar-refractivity contribution in [2.24, 2.45) is 0 Å². The number of halogens is 4. The fourth-order valence-electron chi connectivity index (χ4n) is 2.44. The Morgan fingerprint density at radius 3 is 2.20 bits per heavy atom. The van der Waals surface area contributed by atoms with E-state index in [-0.39, 0.29) is 13.0 Å². The molecule has 2 aromatic rings. The molecule has 0 fully saturated rings.